The third kappa shape index (κ3) is 3.89. The molecule has 0 spiro atoms. The van der Waals surface area contributed by atoms with Crippen LogP contribution in [-0.4, -0.2) is 43.1 Å². The van der Waals surface area contributed by atoms with Crippen molar-refractivity contribution in [3.63, 3.8) is 0 Å². The minimum absolute atomic E-state index is 0.0798. The van der Waals surface area contributed by atoms with Crippen molar-refractivity contribution in [3.8, 4) is 18.1 Å². The van der Waals surface area contributed by atoms with Gasteiger partial charge in [-0.3, -0.25) is 9.59 Å². The van der Waals surface area contributed by atoms with Crippen LogP contribution in [0.1, 0.15) is 5.56 Å². The van der Waals surface area contributed by atoms with Crippen molar-refractivity contribution in [3.05, 3.63) is 35.5 Å². The van der Waals surface area contributed by atoms with E-state index in [-0.39, 0.29) is 12.3 Å². The van der Waals surface area contributed by atoms with Gasteiger partial charge in [-0.15, -0.1) is 6.42 Å². The standard InChI is InChI=1S/C16H14N2O5/c1-3-8-23-12-6-4-11(5-7-12)9-13-15(20)18(16(21)17-13)10-14(19)22-2/h1,4-7,9H,8,10H2,2H3,(H,17,21). The molecule has 0 aromatic heterocycles. The molecule has 23 heavy (non-hydrogen) atoms. The third-order valence-corrected chi connectivity index (χ3v) is 2.99. The Hall–Kier alpha value is -3.27. The van der Waals surface area contributed by atoms with Gasteiger partial charge in [0.1, 0.15) is 24.6 Å². The van der Waals surface area contributed by atoms with E-state index in [1.807, 2.05) is 0 Å². The highest BCUT2D eigenvalue weighted by molar-refractivity contribution is 6.15. The highest BCUT2D eigenvalue weighted by atomic mass is 16.5. The Morgan fingerprint density at radius 3 is 2.65 bits per heavy atom. The molecule has 2 rings (SSSR count). The lowest BCUT2D eigenvalue weighted by atomic mass is 10.2. The first kappa shape index (κ1) is 16.1. The van der Waals surface area contributed by atoms with Gasteiger partial charge >= 0.3 is 12.0 Å². The lowest BCUT2D eigenvalue weighted by Gasteiger charge is -2.09. The topological polar surface area (TPSA) is 84.9 Å². The number of nitrogens with one attached hydrogen (secondary N) is 1. The lowest BCUT2D eigenvalue weighted by Crippen LogP contribution is -2.36. The molecule has 1 aliphatic heterocycles. The fourth-order valence-electron chi connectivity index (χ4n) is 1.86. The zero-order valence-electron chi connectivity index (χ0n) is 12.4. The number of carbonyl (C=O) groups excluding carboxylic acids is 3. The van der Waals surface area contributed by atoms with E-state index in [4.69, 9.17) is 11.2 Å². The van der Waals surface area contributed by atoms with Crippen molar-refractivity contribution in [1.82, 2.24) is 10.2 Å². The molecule has 7 nitrogen and oxygen atoms in total. The van der Waals surface area contributed by atoms with Gasteiger partial charge in [-0.2, -0.15) is 0 Å². The van der Waals surface area contributed by atoms with Crippen LogP contribution < -0.4 is 10.1 Å². The zero-order valence-corrected chi connectivity index (χ0v) is 12.4. The maximum absolute atomic E-state index is 12.1. The van der Waals surface area contributed by atoms with Gasteiger partial charge in [0, 0.05) is 0 Å². The highest BCUT2D eigenvalue weighted by Gasteiger charge is 2.35. The normalized spacial score (nSPS) is 15.3. The van der Waals surface area contributed by atoms with Crippen molar-refractivity contribution in [2.45, 2.75) is 0 Å². The van der Waals surface area contributed by atoms with Crippen molar-refractivity contribution < 1.29 is 23.9 Å². The van der Waals surface area contributed by atoms with Crippen molar-refractivity contribution in [2.75, 3.05) is 20.3 Å². The number of urea groups is 1. The quantitative estimate of drug-likeness (QED) is 0.375. The number of benzene rings is 1. The largest absolute Gasteiger partial charge is 0.481 e. The summed E-state index contributed by atoms with van der Waals surface area (Å²) >= 11 is 0. The maximum Gasteiger partial charge on any atom is 0.329 e. The van der Waals surface area contributed by atoms with Gasteiger partial charge in [-0.05, 0) is 23.8 Å². The Morgan fingerprint density at radius 2 is 2.04 bits per heavy atom. The van der Waals surface area contributed by atoms with Crippen LogP contribution in [0.4, 0.5) is 4.79 Å². The molecule has 1 aromatic rings. The summed E-state index contributed by atoms with van der Waals surface area (Å²) in [6.45, 7) is -0.269. The molecule has 3 amide bonds. The second-order valence-electron chi connectivity index (χ2n) is 4.52. The summed E-state index contributed by atoms with van der Waals surface area (Å²) in [7, 11) is 1.18. The zero-order chi connectivity index (χ0) is 16.8. The Morgan fingerprint density at radius 1 is 1.35 bits per heavy atom. The Balaban J connectivity index is 2.11. The number of hydrogen-bond acceptors (Lipinski definition) is 5. The number of imide groups is 1. The van der Waals surface area contributed by atoms with Gasteiger partial charge < -0.3 is 14.8 Å². The van der Waals surface area contributed by atoms with Crippen LogP contribution in [0.3, 0.4) is 0 Å². The van der Waals surface area contributed by atoms with Crippen LogP contribution in [0.5, 0.6) is 5.75 Å². The monoisotopic (exact) mass is 314 g/mol. The second kappa shape index (κ2) is 7.13. The molecule has 0 atom stereocenters. The molecule has 0 saturated carbocycles. The molecule has 0 unspecified atom stereocenters. The number of methoxy groups -OCH3 is 1. The van der Waals surface area contributed by atoms with Crippen molar-refractivity contribution in [2.24, 2.45) is 0 Å². The second-order valence-corrected chi connectivity index (χ2v) is 4.52. The number of ether oxygens (including phenoxy) is 2. The van der Waals surface area contributed by atoms with Gasteiger partial charge in [0.2, 0.25) is 0 Å². The number of nitrogens with zero attached hydrogens (tertiary/aromatic N) is 1. The summed E-state index contributed by atoms with van der Waals surface area (Å²) in [4.78, 5) is 35.8. The van der Waals surface area contributed by atoms with E-state index >= 15 is 0 Å². The molecule has 0 bridgehead atoms. The molecule has 1 aromatic carbocycles. The average Bonchev–Trinajstić information content (AvgIpc) is 2.81. The lowest BCUT2D eigenvalue weighted by molar-refractivity contribution is -0.143. The van der Waals surface area contributed by atoms with E-state index in [2.05, 4.69) is 16.0 Å². The number of carbonyl (C=O) groups is 3. The van der Waals surface area contributed by atoms with E-state index in [1.165, 1.54) is 13.2 Å². The van der Waals surface area contributed by atoms with Crippen molar-refractivity contribution >= 4 is 24.0 Å². The first-order chi connectivity index (χ1) is 11.0. The summed E-state index contributed by atoms with van der Waals surface area (Å²) in [5.41, 5.74) is 0.762. The molecular weight excluding hydrogens is 300 g/mol. The Labute approximate surface area is 132 Å². The molecule has 118 valence electrons. The average molecular weight is 314 g/mol. The molecule has 1 N–H and O–H groups in total. The van der Waals surface area contributed by atoms with Crippen LogP contribution in [0.2, 0.25) is 0 Å². The summed E-state index contributed by atoms with van der Waals surface area (Å²) in [6.07, 6.45) is 6.60. The van der Waals surface area contributed by atoms with E-state index in [1.54, 1.807) is 24.3 Å². The van der Waals surface area contributed by atoms with Crippen LogP contribution in [0.25, 0.3) is 6.08 Å². The summed E-state index contributed by atoms with van der Waals surface area (Å²) in [5.74, 6) is 1.69. The van der Waals surface area contributed by atoms with Gasteiger partial charge in [-0.1, -0.05) is 18.1 Å². The summed E-state index contributed by atoms with van der Waals surface area (Å²) in [6, 6.07) is 6.14. The first-order valence-corrected chi connectivity index (χ1v) is 6.63. The van der Waals surface area contributed by atoms with Gasteiger partial charge in [0.15, 0.2) is 0 Å². The van der Waals surface area contributed by atoms with Crippen molar-refractivity contribution in [1.29, 1.82) is 0 Å². The first-order valence-electron chi connectivity index (χ1n) is 6.63. The van der Waals surface area contributed by atoms with Gasteiger partial charge in [0.05, 0.1) is 7.11 Å². The summed E-state index contributed by atoms with van der Waals surface area (Å²) in [5, 5.41) is 2.41. The number of amides is 3. The molecular formula is C16H14N2O5. The fraction of sp³-hybridized carbons (Fsp3) is 0.188. The summed E-state index contributed by atoms with van der Waals surface area (Å²) < 4.78 is 9.69. The SMILES string of the molecule is C#CCOc1ccc(C=C2NC(=O)N(CC(=O)OC)C2=O)cc1. The fourth-order valence-corrected chi connectivity index (χ4v) is 1.86. The number of esters is 1. The Bertz CT molecular complexity index is 700. The maximum atomic E-state index is 12.1. The van der Waals surface area contributed by atoms with Crippen LogP contribution >= 0.6 is 0 Å². The highest BCUT2D eigenvalue weighted by Crippen LogP contribution is 2.17. The molecule has 1 heterocycles. The van der Waals surface area contributed by atoms with E-state index in [9.17, 15) is 14.4 Å². The van der Waals surface area contributed by atoms with Gasteiger partial charge in [0.25, 0.3) is 5.91 Å². The van der Waals surface area contributed by atoms with Crippen LogP contribution in [-0.2, 0) is 14.3 Å². The van der Waals surface area contributed by atoms with E-state index in [0.717, 1.165) is 4.90 Å². The minimum atomic E-state index is -0.676. The number of terminal acetylenes is 1. The van der Waals surface area contributed by atoms with E-state index in [0.29, 0.717) is 11.3 Å². The molecule has 0 aliphatic carbocycles. The molecule has 7 heteroatoms. The predicted octanol–water partition coefficient (Wildman–Crippen LogP) is 0.764. The third-order valence-electron chi connectivity index (χ3n) is 2.99. The molecule has 1 aliphatic rings. The molecule has 1 fully saturated rings. The Kier molecular flexibility index (Phi) is 5.00. The molecule has 1 saturated heterocycles. The van der Waals surface area contributed by atoms with Gasteiger partial charge in [-0.25, -0.2) is 9.69 Å². The number of rotatable bonds is 5. The molecule has 0 radical (unpaired) electrons. The predicted molar refractivity (Wildman–Crippen MR) is 81.0 cm³/mol. The van der Waals surface area contributed by atoms with Crippen LogP contribution in [0, 0.1) is 12.3 Å². The van der Waals surface area contributed by atoms with Crippen LogP contribution in [0.15, 0.2) is 30.0 Å². The smallest absolute Gasteiger partial charge is 0.329 e. The number of hydrogen-bond donors (Lipinski definition) is 1. The minimum Gasteiger partial charge on any atom is -0.481 e. The van der Waals surface area contributed by atoms with E-state index < -0.39 is 24.5 Å².